The molecule has 1 rings (SSSR count). The lowest BCUT2D eigenvalue weighted by molar-refractivity contribution is 0.0812. The second-order valence-corrected chi connectivity index (χ2v) is 3.87. The molecule has 0 aliphatic heterocycles. The molecule has 0 saturated heterocycles. The van der Waals surface area contributed by atoms with Crippen molar-refractivity contribution in [2.75, 3.05) is 0 Å². The molecule has 18 heavy (non-hydrogen) atoms. The molecule has 2 unspecified atom stereocenters. The third-order valence-electron chi connectivity index (χ3n) is 2.56. The van der Waals surface area contributed by atoms with Crippen LogP contribution in [0.25, 0.3) is 6.08 Å². The van der Waals surface area contributed by atoms with E-state index >= 15 is 0 Å². The van der Waals surface area contributed by atoms with Crippen LogP contribution in [0, 0.1) is 0 Å². The van der Waals surface area contributed by atoms with Gasteiger partial charge in [-0.15, -0.1) is 0 Å². The smallest absolute Gasteiger partial charge is 0.121 e. The summed E-state index contributed by atoms with van der Waals surface area (Å²) in [6, 6.07) is 4.83. The quantitative estimate of drug-likeness (QED) is 0.592. The molecule has 0 aliphatic carbocycles. The number of allylic oxidation sites excluding steroid dienone is 1. The molecule has 1 aromatic rings. The zero-order chi connectivity index (χ0) is 13.5. The molecule has 2 atom stereocenters. The van der Waals surface area contributed by atoms with Crippen molar-refractivity contribution in [1.29, 1.82) is 0 Å². The van der Waals surface area contributed by atoms with Crippen molar-refractivity contribution >= 4 is 6.08 Å². The molecule has 0 bridgehead atoms. The van der Waals surface area contributed by atoms with E-state index in [0.717, 1.165) is 0 Å². The highest BCUT2D eigenvalue weighted by molar-refractivity contribution is 5.58. The Kier molecular flexibility index (Phi) is 5.58. The summed E-state index contributed by atoms with van der Waals surface area (Å²) >= 11 is 0. The van der Waals surface area contributed by atoms with Crippen LogP contribution in [-0.2, 0) is 6.61 Å². The van der Waals surface area contributed by atoms with Crippen LogP contribution < -0.4 is 0 Å². The Labute approximate surface area is 106 Å². The molecule has 0 aromatic heterocycles. The van der Waals surface area contributed by atoms with Gasteiger partial charge in [-0.2, -0.15) is 0 Å². The molecule has 0 spiro atoms. The Morgan fingerprint density at radius 2 is 1.83 bits per heavy atom. The molecule has 4 nitrogen and oxygen atoms in total. The summed E-state index contributed by atoms with van der Waals surface area (Å²) in [7, 11) is 0. The average Bonchev–Trinajstić information content (AvgIpc) is 2.36. The van der Waals surface area contributed by atoms with E-state index in [1.54, 1.807) is 31.2 Å². The average molecular weight is 250 g/mol. The molecule has 0 saturated carbocycles. The van der Waals surface area contributed by atoms with Gasteiger partial charge in [0.25, 0.3) is 0 Å². The number of hydrogen-bond acceptors (Lipinski definition) is 4. The molecule has 0 aliphatic rings. The molecule has 0 radical (unpaired) electrons. The number of aliphatic hydroxyl groups excluding tert-OH is 3. The Hall–Kier alpha value is -1.62. The van der Waals surface area contributed by atoms with E-state index in [4.69, 9.17) is 5.11 Å². The van der Waals surface area contributed by atoms with E-state index in [-0.39, 0.29) is 12.4 Å². The van der Waals surface area contributed by atoms with Gasteiger partial charge in [0.15, 0.2) is 0 Å². The zero-order valence-electron chi connectivity index (χ0n) is 10.2. The minimum atomic E-state index is -1.03. The van der Waals surface area contributed by atoms with Crippen LogP contribution in [0.3, 0.4) is 0 Å². The van der Waals surface area contributed by atoms with Crippen LogP contribution in [0.4, 0.5) is 0 Å². The molecule has 0 amide bonds. The van der Waals surface area contributed by atoms with Gasteiger partial charge < -0.3 is 20.4 Å². The maximum absolute atomic E-state index is 9.63. The molecule has 0 fully saturated rings. The van der Waals surface area contributed by atoms with Crippen LogP contribution in [0.1, 0.15) is 18.1 Å². The van der Waals surface area contributed by atoms with Crippen LogP contribution in [0.15, 0.2) is 36.4 Å². The first-order chi connectivity index (χ1) is 8.60. The lowest BCUT2D eigenvalue weighted by Crippen LogP contribution is -2.20. The molecular weight excluding hydrogens is 232 g/mol. The first kappa shape index (κ1) is 14.4. The predicted octanol–water partition coefficient (Wildman–Crippen LogP) is 1.20. The first-order valence-corrected chi connectivity index (χ1v) is 5.69. The topological polar surface area (TPSA) is 80.9 Å². The van der Waals surface area contributed by atoms with Gasteiger partial charge >= 0.3 is 0 Å². The van der Waals surface area contributed by atoms with Gasteiger partial charge in [-0.1, -0.05) is 36.4 Å². The Morgan fingerprint density at radius 1 is 1.17 bits per heavy atom. The largest absolute Gasteiger partial charge is 0.508 e. The number of phenols is 1. The van der Waals surface area contributed by atoms with Gasteiger partial charge in [0.1, 0.15) is 18.0 Å². The monoisotopic (exact) mass is 250 g/mol. The zero-order valence-corrected chi connectivity index (χ0v) is 10.2. The van der Waals surface area contributed by atoms with E-state index in [1.807, 2.05) is 0 Å². The summed E-state index contributed by atoms with van der Waals surface area (Å²) in [4.78, 5) is 0. The molecule has 4 heteroatoms. The summed E-state index contributed by atoms with van der Waals surface area (Å²) < 4.78 is 0. The second kappa shape index (κ2) is 6.96. The molecular formula is C14H18O4. The van der Waals surface area contributed by atoms with Crippen molar-refractivity contribution in [3.8, 4) is 5.75 Å². The van der Waals surface area contributed by atoms with Crippen molar-refractivity contribution in [3.63, 3.8) is 0 Å². The third-order valence-corrected chi connectivity index (χ3v) is 2.56. The van der Waals surface area contributed by atoms with Crippen LogP contribution in [0.5, 0.6) is 5.75 Å². The molecule has 0 heterocycles. The predicted molar refractivity (Wildman–Crippen MR) is 69.9 cm³/mol. The van der Waals surface area contributed by atoms with E-state index < -0.39 is 12.2 Å². The summed E-state index contributed by atoms with van der Waals surface area (Å²) in [5.74, 6) is 0.00291. The van der Waals surface area contributed by atoms with Gasteiger partial charge in [0.05, 0.1) is 6.61 Å². The maximum Gasteiger partial charge on any atom is 0.121 e. The van der Waals surface area contributed by atoms with Crippen LogP contribution in [0.2, 0.25) is 0 Å². The van der Waals surface area contributed by atoms with E-state index in [9.17, 15) is 15.3 Å². The fourth-order valence-electron chi connectivity index (χ4n) is 1.55. The number of aromatic hydroxyl groups is 1. The van der Waals surface area contributed by atoms with E-state index in [0.29, 0.717) is 11.1 Å². The van der Waals surface area contributed by atoms with Gasteiger partial charge in [-0.05, 0) is 18.6 Å². The number of hydrogen-bond donors (Lipinski definition) is 4. The Balaban J connectivity index is 2.87. The Bertz CT molecular complexity index is 437. The molecule has 1 aromatic carbocycles. The van der Waals surface area contributed by atoms with Crippen molar-refractivity contribution in [2.45, 2.75) is 25.7 Å². The Morgan fingerprint density at radius 3 is 2.44 bits per heavy atom. The van der Waals surface area contributed by atoms with Crippen molar-refractivity contribution in [2.24, 2.45) is 0 Å². The first-order valence-electron chi connectivity index (χ1n) is 5.69. The fraction of sp³-hybridized carbons (Fsp3) is 0.286. The third kappa shape index (κ3) is 3.70. The molecule has 98 valence electrons. The van der Waals surface area contributed by atoms with Crippen LogP contribution in [-0.4, -0.2) is 32.6 Å². The summed E-state index contributed by atoms with van der Waals surface area (Å²) in [5, 5.41) is 37.8. The lowest BCUT2D eigenvalue weighted by atomic mass is 10.0. The standard InChI is InChI=1S/C14H18O4/c1-2-4-13(17)14(18)8-7-10-5-3-6-12(16)11(10)9-15/h2-8,13-18H,9H2,1H3/b4-2+,8-7+. The number of rotatable bonds is 5. The van der Waals surface area contributed by atoms with Gasteiger partial charge in [0.2, 0.25) is 0 Å². The van der Waals surface area contributed by atoms with E-state index in [1.165, 1.54) is 18.2 Å². The second-order valence-electron chi connectivity index (χ2n) is 3.87. The SMILES string of the molecule is C/C=C/C(O)C(O)/C=C/c1cccc(O)c1CO. The van der Waals surface area contributed by atoms with Gasteiger partial charge in [-0.25, -0.2) is 0 Å². The number of aliphatic hydroxyl groups is 3. The minimum absolute atomic E-state index is 0.00291. The lowest BCUT2D eigenvalue weighted by Gasteiger charge is -2.10. The summed E-state index contributed by atoms with van der Waals surface area (Å²) in [6.07, 6.45) is 4.09. The highest BCUT2D eigenvalue weighted by atomic mass is 16.3. The van der Waals surface area contributed by atoms with Gasteiger partial charge in [0, 0.05) is 5.56 Å². The minimum Gasteiger partial charge on any atom is -0.508 e. The summed E-state index contributed by atoms with van der Waals surface area (Å²) in [6.45, 7) is 1.46. The van der Waals surface area contributed by atoms with Crippen molar-refractivity contribution in [1.82, 2.24) is 0 Å². The van der Waals surface area contributed by atoms with E-state index in [2.05, 4.69) is 0 Å². The van der Waals surface area contributed by atoms with Crippen LogP contribution >= 0.6 is 0 Å². The molecule has 4 N–H and O–H groups in total. The van der Waals surface area contributed by atoms with Crippen molar-refractivity contribution in [3.05, 3.63) is 47.6 Å². The maximum atomic E-state index is 9.63. The van der Waals surface area contributed by atoms with Crippen molar-refractivity contribution < 1.29 is 20.4 Å². The highest BCUT2D eigenvalue weighted by Gasteiger charge is 2.09. The van der Waals surface area contributed by atoms with Gasteiger partial charge in [-0.3, -0.25) is 0 Å². The summed E-state index contributed by atoms with van der Waals surface area (Å²) in [5.41, 5.74) is 0.991. The highest BCUT2D eigenvalue weighted by Crippen LogP contribution is 2.22. The number of benzene rings is 1. The normalized spacial score (nSPS) is 15.3. The fourth-order valence-corrected chi connectivity index (χ4v) is 1.55.